The van der Waals surface area contributed by atoms with Gasteiger partial charge >= 0.3 is 0 Å². The summed E-state index contributed by atoms with van der Waals surface area (Å²) in [4.78, 5) is 6.11. The molecule has 3 rings (SSSR count). The van der Waals surface area contributed by atoms with Gasteiger partial charge in [-0.2, -0.15) is 0 Å². The standard InChI is InChI=1S/C18H18ClF2N3O2S/c1-24(2)9-22-18(25)16-11(20)4-5-13(17(16)21)26-8-15-23-12-7-10(19)3-6-14(12)27-15/h3-7,18,22,25H,8-9H2,1-2H3. The van der Waals surface area contributed by atoms with Crippen molar-refractivity contribution in [3.05, 3.63) is 57.6 Å². The molecule has 0 radical (unpaired) electrons. The number of aliphatic hydroxyl groups is 1. The van der Waals surface area contributed by atoms with Gasteiger partial charge in [-0.1, -0.05) is 11.6 Å². The highest BCUT2D eigenvalue weighted by Gasteiger charge is 2.22. The van der Waals surface area contributed by atoms with Gasteiger partial charge in [-0.05, 0) is 44.4 Å². The Morgan fingerprint density at radius 2 is 2.07 bits per heavy atom. The monoisotopic (exact) mass is 413 g/mol. The molecule has 0 aliphatic carbocycles. The molecule has 0 saturated heterocycles. The van der Waals surface area contributed by atoms with Crippen LogP contribution in [-0.2, 0) is 6.61 Å². The normalized spacial score (nSPS) is 12.7. The molecule has 0 amide bonds. The lowest BCUT2D eigenvalue weighted by Crippen LogP contribution is -2.32. The molecule has 0 spiro atoms. The Hall–Kier alpha value is -1.84. The number of fused-ring (bicyclic) bond motifs is 1. The number of hydrogen-bond acceptors (Lipinski definition) is 6. The summed E-state index contributed by atoms with van der Waals surface area (Å²) >= 11 is 7.34. The zero-order valence-electron chi connectivity index (χ0n) is 14.7. The summed E-state index contributed by atoms with van der Waals surface area (Å²) in [7, 11) is 3.52. The first-order chi connectivity index (χ1) is 12.8. The highest BCUT2D eigenvalue weighted by atomic mass is 35.5. The van der Waals surface area contributed by atoms with Crippen LogP contribution in [0.25, 0.3) is 10.2 Å². The zero-order chi connectivity index (χ0) is 19.6. The second kappa shape index (κ2) is 8.45. The number of ether oxygens (including phenoxy) is 1. The molecular formula is C18H18ClF2N3O2S. The third-order valence-electron chi connectivity index (χ3n) is 3.71. The smallest absolute Gasteiger partial charge is 0.175 e. The molecule has 0 saturated carbocycles. The van der Waals surface area contributed by atoms with E-state index in [0.717, 1.165) is 16.3 Å². The largest absolute Gasteiger partial charge is 0.483 e. The van der Waals surface area contributed by atoms with Crippen molar-refractivity contribution >= 4 is 33.2 Å². The van der Waals surface area contributed by atoms with E-state index in [1.165, 1.54) is 17.4 Å². The van der Waals surface area contributed by atoms with Crippen molar-refractivity contribution in [3.8, 4) is 5.75 Å². The zero-order valence-corrected chi connectivity index (χ0v) is 16.2. The molecule has 2 N–H and O–H groups in total. The highest BCUT2D eigenvalue weighted by molar-refractivity contribution is 7.18. The molecule has 1 atom stereocenters. The second-order valence-corrected chi connectivity index (χ2v) is 7.68. The van der Waals surface area contributed by atoms with E-state index in [2.05, 4.69) is 10.3 Å². The number of aliphatic hydroxyl groups excluding tert-OH is 1. The summed E-state index contributed by atoms with van der Waals surface area (Å²) in [6.07, 6.45) is -1.50. The Morgan fingerprint density at radius 3 is 2.81 bits per heavy atom. The fraction of sp³-hybridized carbons (Fsp3) is 0.278. The lowest BCUT2D eigenvalue weighted by atomic mass is 10.1. The molecule has 9 heteroatoms. The number of nitrogens with one attached hydrogen (secondary N) is 1. The van der Waals surface area contributed by atoms with Gasteiger partial charge in [0.05, 0.1) is 15.8 Å². The Labute approximate surface area is 164 Å². The number of aromatic nitrogens is 1. The first kappa shape index (κ1) is 19.9. The van der Waals surface area contributed by atoms with Crippen molar-refractivity contribution in [3.63, 3.8) is 0 Å². The van der Waals surface area contributed by atoms with Crippen molar-refractivity contribution in [1.82, 2.24) is 15.2 Å². The third-order valence-corrected chi connectivity index (χ3v) is 4.96. The maximum absolute atomic E-state index is 14.7. The fourth-order valence-corrected chi connectivity index (χ4v) is 3.46. The summed E-state index contributed by atoms with van der Waals surface area (Å²) in [5.74, 6) is -1.96. The van der Waals surface area contributed by atoms with Gasteiger partial charge in [0, 0.05) is 11.7 Å². The Balaban J connectivity index is 1.77. The number of halogens is 3. The second-order valence-electron chi connectivity index (χ2n) is 6.13. The minimum Gasteiger partial charge on any atom is -0.483 e. The van der Waals surface area contributed by atoms with E-state index in [1.54, 1.807) is 31.1 Å². The van der Waals surface area contributed by atoms with Gasteiger partial charge in [0.25, 0.3) is 0 Å². The molecule has 144 valence electrons. The van der Waals surface area contributed by atoms with Crippen LogP contribution in [-0.4, -0.2) is 35.8 Å². The maximum atomic E-state index is 14.7. The predicted molar refractivity (Wildman–Crippen MR) is 102 cm³/mol. The third kappa shape index (κ3) is 4.72. The first-order valence-electron chi connectivity index (χ1n) is 8.07. The lowest BCUT2D eigenvalue weighted by molar-refractivity contribution is 0.112. The number of benzene rings is 2. The lowest BCUT2D eigenvalue weighted by Gasteiger charge is -2.19. The van der Waals surface area contributed by atoms with Crippen molar-refractivity contribution < 1.29 is 18.6 Å². The summed E-state index contributed by atoms with van der Waals surface area (Å²) < 4.78 is 35.1. The van der Waals surface area contributed by atoms with Crippen LogP contribution in [0.15, 0.2) is 30.3 Å². The van der Waals surface area contributed by atoms with Crippen LogP contribution < -0.4 is 10.1 Å². The molecule has 1 heterocycles. The van der Waals surface area contributed by atoms with E-state index in [9.17, 15) is 13.9 Å². The number of thiazole rings is 1. The Kier molecular flexibility index (Phi) is 6.23. The predicted octanol–water partition coefficient (Wildman–Crippen LogP) is 3.91. The molecule has 27 heavy (non-hydrogen) atoms. The summed E-state index contributed by atoms with van der Waals surface area (Å²) in [5.41, 5.74) is 0.250. The molecule has 5 nitrogen and oxygen atoms in total. The van der Waals surface area contributed by atoms with E-state index in [-0.39, 0.29) is 19.0 Å². The minimum absolute atomic E-state index is 0.0141. The molecule has 3 aromatic rings. The molecule has 0 aliphatic heterocycles. The van der Waals surface area contributed by atoms with Gasteiger partial charge in [-0.25, -0.2) is 13.8 Å². The van der Waals surface area contributed by atoms with Crippen molar-refractivity contribution in [2.24, 2.45) is 0 Å². The van der Waals surface area contributed by atoms with Gasteiger partial charge in [0.15, 0.2) is 11.6 Å². The molecule has 1 unspecified atom stereocenters. The minimum atomic E-state index is -1.50. The molecule has 0 bridgehead atoms. The Bertz CT molecular complexity index is 952. The fourth-order valence-electron chi connectivity index (χ4n) is 2.43. The molecule has 0 fully saturated rings. The number of nitrogens with zero attached hydrogens (tertiary/aromatic N) is 2. The van der Waals surface area contributed by atoms with Gasteiger partial charge in [0.1, 0.15) is 23.7 Å². The quantitative estimate of drug-likeness (QED) is 0.575. The van der Waals surface area contributed by atoms with Crippen molar-refractivity contribution in [2.45, 2.75) is 12.8 Å². The molecule has 1 aromatic heterocycles. The summed E-state index contributed by atoms with van der Waals surface area (Å²) in [6.45, 7) is 0.263. The van der Waals surface area contributed by atoms with E-state index in [1.807, 2.05) is 6.07 Å². The average molecular weight is 414 g/mol. The van der Waals surface area contributed by atoms with E-state index >= 15 is 0 Å². The van der Waals surface area contributed by atoms with Gasteiger partial charge in [0.2, 0.25) is 0 Å². The SMILES string of the molecule is CN(C)CNC(O)c1c(F)ccc(OCc2nc3cc(Cl)ccc3s2)c1F. The van der Waals surface area contributed by atoms with Crippen LogP contribution in [0.3, 0.4) is 0 Å². The van der Waals surface area contributed by atoms with Crippen LogP contribution in [0.4, 0.5) is 8.78 Å². The van der Waals surface area contributed by atoms with E-state index in [0.29, 0.717) is 10.0 Å². The maximum Gasteiger partial charge on any atom is 0.175 e. The van der Waals surface area contributed by atoms with E-state index < -0.39 is 23.4 Å². The van der Waals surface area contributed by atoms with Gasteiger partial charge < -0.3 is 9.84 Å². The van der Waals surface area contributed by atoms with Crippen LogP contribution in [0, 0.1) is 11.6 Å². The van der Waals surface area contributed by atoms with Crippen molar-refractivity contribution in [1.29, 1.82) is 0 Å². The highest BCUT2D eigenvalue weighted by Crippen LogP contribution is 2.29. The van der Waals surface area contributed by atoms with Crippen LogP contribution in [0.1, 0.15) is 16.8 Å². The van der Waals surface area contributed by atoms with Crippen LogP contribution in [0.5, 0.6) is 5.75 Å². The molecule has 0 aliphatic rings. The topological polar surface area (TPSA) is 57.6 Å². The average Bonchev–Trinajstić information content (AvgIpc) is 3.01. The summed E-state index contributed by atoms with van der Waals surface area (Å²) in [6, 6.07) is 7.60. The van der Waals surface area contributed by atoms with E-state index in [4.69, 9.17) is 16.3 Å². The first-order valence-corrected chi connectivity index (χ1v) is 9.26. The van der Waals surface area contributed by atoms with Gasteiger partial charge in [-0.3, -0.25) is 10.2 Å². The van der Waals surface area contributed by atoms with Crippen molar-refractivity contribution in [2.75, 3.05) is 20.8 Å². The molecular weight excluding hydrogens is 396 g/mol. The van der Waals surface area contributed by atoms with Gasteiger partial charge in [-0.15, -0.1) is 11.3 Å². The molecule has 2 aromatic carbocycles. The van der Waals surface area contributed by atoms with Crippen LogP contribution >= 0.6 is 22.9 Å². The Morgan fingerprint density at radius 1 is 1.30 bits per heavy atom. The number of hydrogen-bond donors (Lipinski definition) is 2. The number of rotatable bonds is 7. The van der Waals surface area contributed by atoms with Crippen LogP contribution in [0.2, 0.25) is 5.02 Å². The summed E-state index contributed by atoms with van der Waals surface area (Å²) in [5, 5.41) is 13.9.